The second-order valence-electron chi connectivity index (χ2n) is 6.08. The standard InChI is InChI=1S/C21H12N2O3S/c24-18-14-7-3-4-8-17(14)26-11-15(18)20(25)23-21-22-16-10-9-12-5-1-2-6-13(12)19(16)27-21/h1-11H,(H,22,23,25). The number of anilines is 1. The summed E-state index contributed by atoms with van der Waals surface area (Å²) in [7, 11) is 0. The second-order valence-corrected chi connectivity index (χ2v) is 7.08. The van der Waals surface area contributed by atoms with E-state index in [-0.39, 0.29) is 11.0 Å². The van der Waals surface area contributed by atoms with Crippen molar-refractivity contribution in [1.29, 1.82) is 0 Å². The third kappa shape index (κ3) is 2.58. The highest BCUT2D eigenvalue weighted by Gasteiger charge is 2.16. The molecule has 6 heteroatoms. The topological polar surface area (TPSA) is 72.2 Å². The molecule has 0 bridgehead atoms. The highest BCUT2D eigenvalue weighted by molar-refractivity contribution is 7.23. The van der Waals surface area contributed by atoms with Crippen molar-refractivity contribution < 1.29 is 9.21 Å². The van der Waals surface area contributed by atoms with E-state index in [1.807, 2.05) is 36.4 Å². The number of para-hydroxylation sites is 1. The van der Waals surface area contributed by atoms with Gasteiger partial charge in [-0.25, -0.2) is 4.98 Å². The fourth-order valence-electron chi connectivity index (χ4n) is 3.11. The second kappa shape index (κ2) is 6.03. The minimum Gasteiger partial charge on any atom is -0.463 e. The lowest BCUT2D eigenvalue weighted by molar-refractivity contribution is 0.102. The van der Waals surface area contributed by atoms with Gasteiger partial charge in [-0.05, 0) is 23.6 Å². The number of carbonyl (C=O) groups is 1. The zero-order valence-electron chi connectivity index (χ0n) is 13.9. The maximum absolute atomic E-state index is 12.6. The van der Waals surface area contributed by atoms with Gasteiger partial charge in [0.05, 0.1) is 15.6 Å². The number of carbonyl (C=O) groups excluding carboxylic acids is 1. The van der Waals surface area contributed by atoms with Crippen LogP contribution in [0.3, 0.4) is 0 Å². The number of hydrogen-bond acceptors (Lipinski definition) is 5. The lowest BCUT2D eigenvalue weighted by Crippen LogP contribution is -2.21. The molecule has 5 nitrogen and oxygen atoms in total. The molecule has 3 aromatic carbocycles. The van der Waals surface area contributed by atoms with E-state index in [1.54, 1.807) is 24.3 Å². The Bertz CT molecular complexity index is 1400. The Labute approximate surface area is 156 Å². The maximum atomic E-state index is 12.6. The summed E-state index contributed by atoms with van der Waals surface area (Å²) < 4.78 is 6.42. The largest absolute Gasteiger partial charge is 0.463 e. The van der Waals surface area contributed by atoms with E-state index in [2.05, 4.69) is 10.3 Å². The summed E-state index contributed by atoms with van der Waals surface area (Å²) in [6.07, 6.45) is 1.20. The summed E-state index contributed by atoms with van der Waals surface area (Å²) in [5.41, 5.74) is 0.851. The monoisotopic (exact) mass is 372 g/mol. The van der Waals surface area contributed by atoms with Crippen LogP contribution in [0.2, 0.25) is 0 Å². The molecule has 0 radical (unpaired) electrons. The summed E-state index contributed by atoms with van der Waals surface area (Å²) >= 11 is 1.38. The van der Waals surface area contributed by atoms with Gasteiger partial charge in [-0.15, -0.1) is 0 Å². The Morgan fingerprint density at radius 2 is 1.74 bits per heavy atom. The molecule has 27 heavy (non-hydrogen) atoms. The van der Waals surface area contributed by atoms with Crippen molar-refractivity contribution in [3.8, 4) is 0 Å². The van der Waals surface area contributed by atoms with Gasteiger partial charge in [0.15, 0.2) is 5.13 Å². The highest BCUT2D eigenvalue weighted by atomic mass is 32.1. The quantitative estimate of drug-likeness (QED) is 0.483. The molecular formula is C21H12N2O3S. The first kappa shape index (κ1) is 15.7. The van der Waals surface area contributed by atoms with E-state index in [0.29, 0.717) is 16.1 Å². The third-order valence-corrected chi connectivity index (χ3v) is 5.44. The van der Waals surface area contributed by atoms with Gasteiger partial charge in [0.2, 0.25) is 5.43 Å². The normalized spacial score (nSPS) is 11.3. The van der Waals surface area contributed by atoms with Crippen molar-refractivity contribution in [2.45, 2.75) is 0 Å². The molecule has 2 aromatic heterocycles. The maximum Gasteiger partial charge on any atom is 0.264 e. The van der Waals surface area contributed by atoms with Gasteiger partial charge < -0.3 is 4.42 Å². The first-order chi connectivity index (χ1) is 13.2. The van der Waals surface area contributed by atoms with Crippen molar-refractivity contribution in [2.24, 2.45) is 0 Å². The minimum absolute atomic E-state index is 0.0437. The van der Waals surface area contributed by atoms with Crippen LogP contribution < -0.4 is 10.7 Å². The van der Waals surface area contributed by atoms with E-state index in [0.717, 1.165) is 21.0 Å². The SMILES string of the molecule is O=C(Nc1nc2ccc3ccccc3c2s1)c1coc2ccccc2c1=O. The van der Waals surface area contributed by atoms with Gasteiger partial charge in [0.1, 0.15) is 17.4 Å². The van der Waals surface area contributed by atoms with Crippen LogP contribution in [0.15, 0.2) is 76.1 Å². The predicted molar refractivity (Wildman–Crippen MR) is 108 cm³/mol. The Kier molecular flexibility index (Phi) is 3.51. The predicted octanol–water partition coefficient (Wildman–Crippen LogP) is 4.81. The zero-order chi connectivity index (χ0) is 18.4. The summed E-state index contributed by atoms with van der Waals surface area (Å²) in [5.74, 6) is -0.530. The molecule has 0 atom stereocenters. The molecule has 0 unspecified atom stereocenters. The number of thiazole rings is 1. The molecule has 2 heterocycles. The van der Waals surface area contributed by atoms with Gasteiger partial charge in [-0.3, -0.25) is 14.9 Å². The van der Waals surface area contributed by atoms with Gasteiger partial charge in [-0.2, -0.15) is 0 Å². The number of nitrogens with zero attached hydrogens (tertiary/aromatic N) is 1. The first-order valence-electron chi connectivity index (χ1n) is 8.31. The molecule has 130 valence electrons. The van der Waals surface area contributed by atoms with Gasteiger partial charge in [-0.1, -0.05) is 53.8 Å². The van der Waals surface area contributed by atoms with E-state index < -0.39 is 5.91 Å². The van der Waals surface area contributed by atoms with Gasteiger partial charge >= 0.3 is 0 Å². The fraction of sp³-hybridized carbons (Fsp3) is 0. The average molecular weight is 372 g/mol. The number of amides is 1. The lowest BCUT2D eigenvalue weighted by Gasteiger charge is -2.02. The van der Waals surface area contributed by atoms with Gasteiger partial charge in [0.25, 0.3) is 5.91 Å². The average Bonchev–Trinajstić information content (AvgIpc) is 3.11. The Morgan fingerprint density at radius 1 is 0.963 bits per heavy atom. The Balaban J connectivity index is 1.55. The van der Waals surface area contributed by atoms with Crippen LogP contribution >= 0.6 is 11.3 Å². The molecule has 0 saturated carbocycles. The van der Waals surface area contributed by atoms with E-state index >= 15 is 0 Å². The first-order valence-corrected chi connectivity index (χ1v) is 9.12. The van der Waals surface area contributed by atoms with Crippen molar-refractivity contribution in [3.05, 3.63) is 82.7 Å². The van der Waals surface area contributed by atoms with Crippen molar-refractivity contribution >= 4 is 54.3 Å². The summed E-state index contributed by atoms with van der Waals surface area (Å²) in [6.45, 7) is 0. The molecule has 1 amide bonds. The van der Waals surface area contributed by atoms with Crippen molar-refractivity contribution in [1.82, 2.24) is 4.98 Å². The molecule has 0 fully saturated rings. The highest BCUT2D eigenvalue weighted by Crippen LogP contribution is 2.32. The molecule has 5 rings (SSSR count). The number of hydrogen-bond donors (Lipinski definition) is 1. The Hall–Kier alpha value is -3.51. The molecule has 0 aliphatic heterocycles. The molecule has 1 N–H and O–H groups in total. The number of rotatable bonds is 2. The Morgan fingerprint density at radius 3 is 2.63 bits per heavy atom. The van der Waals surface area contributed by atoms with E-state index in [4.69, 9.17) is 4.42 Å². The fourth-order valence-corrected chi connectivity index (χ4v) is 4.10. The molecule has 0 aliphatic carbocycles. The van der Waals surface area contributed by atoms with Crippen LogP contribution in [-0.4, -0.2) is 10.9 Å². The molecule has 0 spiro atoms. The molecule has 5 aromatic rings. The lowest BCUT2D eigenvalue weighted by atomic mass is 10.1. The van der Waals surface area contributed by atoms with Crippen molar-refractivity contribution in [3.63, 3.8) is 0 Å². The summed E-state index contributed by atoms with van der Waals surface area (Å²) in [4.78, 5) is 29.7. The van der Waals surface area contributed by atoms with Crippen LogP contribution in [0.4, 0.5) is 5.13 Å². The van der Waals surface area contributed by atoms with Crippen LogP contribution in [0.25, 0.3) is 32.0 Å². The van der Waals surface area contributed by atoms with Crippen LogP contribution in [-0.2, 0) is 0 Å². The van der Waals surface area contributed by atoms with Crippen LogP contribution in [0.1, 0.15) is 10.4 Å². The summed E-state index contributed by atoms with van der Waals surface area (Å²) in [6, 6.07) is 18.8. The minimum atomic E-state index is -0.530. The van der Waals surface area contributed by atoms with Crippen LogP contribution in [0, 0.1) is 0 Å². The number of fused-ring (bicyclic) bond motifs is 4. The molecule has 0 saturated heterocycles. The van der Waals surface area contributed by atoms with Gasteiger partial charge in [0, 0.05) is 5.39 Å². The molecular weight excluding hydrogens is 360 g/mol. The van der Waals surface area contributed by atoms with E-state index in [1.165, 1.54) is 17.6 Å². The smallest absolute Gasteiger partial charge is 0.264 e. The molecule has 0 aliphatic rings. The number of nitrogens with one attached hydrogen (secondary N) is 1. The van der Waals surface area contributed by atoms with E-state index in [9.17, 15) is 9.59 Å². The third-order valence-electron chi connectivity index (χ3n) is 4.42. The zero-order valence-corrected chi connectivity index (χ0v) is 14.7. The summed E-state index contributed by atoms with van der Waals surface area (Å²) in [5, 5.41) is 5.74. The van der Waals surface area contributed by atoms with Crippen molar-refractivity contribution in [2.75, 3.05) is 5.32 Å². The van der Waals surface area contributed by atoms with Crippen LogP contribution in [0.5, 0.6) is 0 Å². The number of benzene rings is 3. The number of aromatic nitrogens is 1.